The average Bonchev–Trinajstić information content (AvgIpc) is 3.08. The van der Waals surface area contributed by atoms with Gasteiger partial charge >= 0.3 is 11.5 Å². The number of fused-ring (bicyclic) bond motifs is 1. The van der Waals surface area contributed by atoms with Crippen molar-refractivity contribution in [2.45, 2.75) is 56.5 Å². The third-order valence-corrected chi connectivity index (χ3v) is 6.94. The number of aliphatic carboxylic acids is 1. The molecule has 0 spiro atoms. The quantitative estimate of drug-likeness (QED) is 0.265. The lowest BCUT2D eigenvalue weighted by Gasteiger charge is -2.40. The number of aromatic nitrogens is 2. The molecule has 0 bridgehead atoms. The second kappa shape index (κ2) is 9.60. The summed E-state index contributed by atoms with van der Waals surface area (Å²) in [7, 11) is 0. The summed E-state index contributed by atoms with van der Waals surface area (Å²) in [5, 5.41) is 12.3. The highest BCUT2D eigenvalue weighted by Gasteiger charge is 2.34. The minimum Gasteiger partial charge on any atom is -0.478 e. The van der Waals surface area contributed by atoms with Crippen molar-refractivity contribution in [1.82, 2.24) is 9.55 Å². The van der Waals surface area contributed by atoms with Gasteiger partial charge in [0, 0.05) is 22.7 Å². The van der Waals surface area contributed by atoms with E-state index in [9.17, 15) is 18.0 Å². The average molecular weight is 504 g/mol. The van der Waals surface area contributed by atoms with Gasteiger partial charge in [0.15, 0.2) is 0 Å². The minimum absolute atomic E-state index is 0.120. The molecule has 9 heteroatoms. The maximum Gasteiger partial charge on any atom is 0.446 e. The van der Waals surface area contributed by atoms with Crippen molar-refractivity contribution < 1.29 is 23.1 Å². The lowest BCUT2D eigenvalue weighted by atomic mass is 9.70. The Morgan fingerprint density at radius 1 is 1.20 bits per heavy atom. The Kier molecular flexibility index (Phi) is 6.90. The molecule has 3 aromatic rings. The summed E-state index contributed by atoms with van der Waals surface area (Å²) < 4.78 is 40.3. The predicted octanol–water partition coefficient (Wildman–Crippen LogP) is 7.88. The molecule has 2 N–H and O–H groups in total. The number of nitrogens with one attached hydrogen (secondary N) is 1. The molecule has 35 heavy (non-hydrogen) atoms. The number of rotatable bonds is 6. The number of nitrogens with zero attached hydrogens (tertiary/aromatic N) is 2. The molecule has 1 aliphatic rings. The zero-order valence-electron chi connectivity index (χ0n) is 19.8. The predicted molar refractivity (Wildman–Crippen MR) is 134 cm³/mol. The topological polar surface area (TPSA) is 67.2 Å². The third-order valence-electron chi connectivity index (χ3n) is 6.20. The van der Waals surface area contributed by atoms with Crippen molar-refractivity contribution in [3.63, 3.8) is 0 Å². The molecule has 5 nitrogen and oxygen atoms in total. The van der Waals surface area contributed by atoms with E-state index in [1.165, 1.54) is 18.2 Å². The van der Waals surface area contributed by atoms with Crippen LogP contribution in [0.4, 0.5) is 24.8 Å². The number of carboxylic acids is 1. The van der Waals surface area contributed by atoms with Gasteiger partial charge in [0.25, 0.3) is 0 Å². The molecule has 1 fully saturated rings. The van der Waals surface area contributed by atoms with E-state index >= 15 is 0 Å². The summed E-state index contributed by atoms with van der Waals surface area (Å²) in [5.41, 5.74) is -1.15. The molecule has 0 aliphatic heterocycles. The highest BCUT2D eigenvalue weighted by atomic mass is 32.2. The maximum absolute atomic E-state index is 12.7. The molecule has 2 aromatic carbocycles. The fraction of sp³-hybridized carbons (Fsp3) is 0.385. The Bertz CT molecular complexity index is 1250. The SMILES string of the molecule is CC1C[C@H](n2c(Nc3ccc(SC(F)(F)F)cc3)nc3cc(/C=C/C(=O)O)ccc32)CC(C)(C)C1. The van der Waals surface area contributed by atoms with Gasteiger partial charge in [0.2, 0.25) is 5.95 Å². The first-order chi connectivity index (χ1) is 16.4. The first kappa shape index (κ1) is 25.2. The second-order valence-electron chi connectivity index (χ2n) is 9.99. The zero-order valence-corrected chi connectivity index (χ0v) is 20.6. The van der Waals surface area contributed by atoms with Crippen LogP contribution in [0, 0.1) is 11.3 Å². The van der Waals surface area contributed by atoms with Gasteiger partial charge < -0.3 is 15.0 Å². The number of halogens is 3. The van der Waals surface area contributed by atoms with Gasteiger partial charge in [-0.25, -0.2) is 9.78 Å². The Morgan fingerprint density at radius 3 is 2.54 bits per heavy atom. The van der Waals surface area contributed by atoms with E-state index in [-0.39, 0.29) is 28.1 Å². The van der Waals surface area contributed by atoms with Gasteiger partial charge in [0.1, 0.15) is 0 Å². The highest BCUT2D eigenvalue weighted by Crippen LogP contribution is 2.46. The van der Waals surface area contributed by atoms with E-state index in [1.54, 1.807) is 12.1 Å². The standard InChI is InChI=1S/C26H28F3N3O2S/c1-16-12-19(15-25(2,3)14-16)32-22-10-4-17(5-11-23(33)34)13-21(22)31-24(32)30-18-6-8-20(9-7-18)35-26(27,28)29/h4-11,13,16,19H,12,14-15H2,1-3H3,(H,30,31)(H,33,34)/b11-5+/t16?,19-/m0/s1. The molecule has 0 saturated heterocycles. The molecule has 0 amide bonds. The number of carbonyl (C=O) groups is 1. The normalized spacial score (nSPS) is 20.4. The van der Waals surface area contributed by atoms with Gasteiger partial charge in [0.05, 0.1) is 11.0 Å². The molecule has 2 atom stereocenters. The first-order valence-corrected chi connectivity index (χ1v) is 12.3. The molecule has 1 unspecified atom stereocenters. The maximum atomic E-state index is 12.7. The summed E-state index contributed by atoms with van der Waals surface area (Å²) >= 11 is -0.143. The van der Waals surface area contributed by atoms with E-state index in [2.05, 4.69) is 30.7 Å². The van der Waals surface area contributed by atoms with Crippen molar-refractivity contribution in [3.8, 4) is 0 Å². The van der Waals surface area contributed by atoms with Crippen LogP contribution in [-0.4, -0.2) is 26.1 Å². The number of hydrogen-bond donors (Lipinski definition) is 2. The Balaban J connectivity index is 1.73. The zero-order chi connectivity index (χ0) is 25.4. The van der Waals surface area contributed by atoms with Crippen LogP contribution >= 0.6 is 11.8 Å². The van der Waals surface area contributed by atoms with Gasteiger partial charge in [-0.05, 0) is 90.4 Å². The second-order valence-corrected chi connectivity index (χ2v) is 11.1. The smallest absolute Gasteiger partial charge is 0.446 e. The van der Waals surface area contributed by atoms with Crippen LogP contribution in [0.15, 0.2) is 53.4 Å². The molecule has 1 aliphatic carbocycles. The molecule has 1 saturated carbocycles. The molecule has 1 aromatic heterocycles. The van der Waals surface area contributed by atoms with Crippen LogP contribution in [0.25, 0.3) is 17.1 Å². The van der Waals surface area contributed by atoms with E-state index in [4.69, 9.17) is 10.1 Å². The minimum atomic E-state index is -4.33. The van der Waals surface area contributed by atoms with Crippen LogP contribution in [0.3, 0.4) is 0 Å². The molecular formula is C26H28F3N3O2S. The molecule has 4 rings (SSSR count). The van der Waals surface area contributed by atoms with Crippen molar-refractivity contribution in [2.24, 2.45) is 11.3 Å². The summed E-state index contributed by atoms with van der Waals surface area (Å²) in [6, 6.07) is 12.0. The van der Waals surface area contributed by atoms with Gasteiger partial charge in [-0.3, -0.25) is 0 Å². The number of imidazole rings is 1. The van der Waals surface area contributed by atoms with E-state index in [0.29, 0.717) is 17.6 Å². The van der Waals surface area contributed by atoms with Crippen molar-refractivity contribution in [2.75, 3.05) is 5.32 Å². The van der Waals surface area contributed by atoms with Crippen LogP contribution in [0.1, 0.15) is 51.6 Å². The summed E-state index contributed by atoms with van der Waals surface area (Å²) in [4.78, 5) is 15.8. The van der Waals surface area contributed by atoms with Gasteiger partial charge in [-0.2, -0.15) is 13.2 Å². The summed E-state index contributed by atoms with van der Waals surface area (Å²) in [6.07, 6.45) is 5.71. The number of thioether (sulfide) groups is 1. The van der Waals surface area contributed by atoms with Gasteiger partial charge in [-0.15, -0.1) is 0 Å². The highest BCUT2D eigenvalue weighted by molar-refractivity contribution is 8.00. The Hall–Kier alpha value is -2.94. The van der Waals surface area contributed by atoms with E-state index < -0.39 is 11.5 Å². The first-order valence-electron chi connectivity index (χ1n) is 11.4. The van der Waals surface area contributed by atoms with E-state index in [0.717, 1.165) is 41.9 Å². The molecular weight excluding hydrogens is 475 g/mol. The van der Waals surface area contributed by atoms with Crippen LogP contribution in [-0.2, 0) is 4.79 Å². The number of benzene rings is 2. The number of hydrogen-bond acceptors (Lipinski definition) is 4. The number of alkyl halides is 3. The molecule has 0 radical (unpaired) electrons. The fourth-order valence-electron chi connectivity index (χ4n) is 5.21. The van der Waals surface area contributed by atoms with Crippen molar-refractivity contribution >= 4 is 46.5 Å². The van der Waals surface area contributed by atoms with Crippen LogP contribution in [0.2, 0.25) is 0 Å². The summed E-state index contributed by atoms with van der Waals surface area (Å²) in [6.45, 7) is 6.80. The summed E-state index contributed by atoms with van der Waals surface area (Å²) in [5.74, 6) is 0.125. The molecule has 1 heterocycles. The largest absolute Gasteiger partial charge is 0.478 e. The lowest BCUT2D eigenvalue weighted by Crippen LogP contribution is -2.29. The van der Waals surface area contributed by atoms with Crippen LogP contribution in [0.5, 0.6) is 0 Å². The Morgan fingerprint density at radius 2 is 1.91 bits per heavy atom. The Labute approximate surface area is 206 Å². The third kappa shape index (κ3) is 6.39. The number of anilines is 2. The van der Waals surface area contributed by atoms with Crippen molar-refractivity contribution in [1.29, 1.82) is 0 Å². The number of carboxylic acid groups (broad SMARTS) is 1. The fourth-order valence-corrected chi connectivity index (χ4v) is 5.75. The van der Waals surface area contributed by atoms with E-state index in [1.807, 2.05) is 18.2 Å². The van der Waals surface area contributed by atoms with Crippen molar-refractivity contribution in [3.05, 3.63) is 54.1 Å². The van der Waals surface area contributed by atoms with Crippen LogP contribution < -0.4 is 5.32 Å². The van der Waals surface area contributed by atoms with Gasteiger partial charge in [-0.1, -0.05) is 26.8 Å². The monoisotopic (exact) mass is 503 g/mol. The lowest BCUT2D eigenvalue weighted by molar-refractivity contribution is -0.131. The molecule has 186 valence electrons.